The third-order valence-corrected chi connectivity index (χ3v) is 4.64. The van der Waals surface area contributed by atoms with Gasteiger partial charge < -0.3 is 0 Å². The Labute approximate surface area is 134 Å². The largest absolute Gasteiger partial charge is 0.0651 e. The summed E-state index contributed by atoms with van der Waals surface area (Å²) < 4.78 is 1.22. The molecule has 0 aromatic heterocycles. The molecule has 3 aromatic rings. The molecule has 106 valence electrons. The van der Waals surface area contributed by atoms with E-state index in [1.807, 2.05) is 0 Å². The second kappa shape index (κ2) is 6.03. The molecule has 0 nitrogen and oxygen atoms in total. The summed E-state index contributed by atoms with van der Waals surface area (Å²) in [7, 11) is 0. The number of halogens is 1. The van der Waals surface area contributed by atoms with Gasteiger partial charge in [0.25, 0.3) is 0 Å². The van der Waals surface area contributed by atoms with Gasteiger partial charge in [-0.1, -0.05) is 83.4 Å². The minimum Gasteiger partial charge on any atom is -0.0651 e. The van der Waals surface area contributed by atoms with Crippen molar-refractivity contribution in [3.63, 3.8) is 0 Å². The monoisotopic (exact) mass is 338 g/mol. The Morgan fingerprint density at radius 1 is 0.905 bits per heavy atom. The van der Waals surface area contributed by atoms with Crippen LogP contribution in [0.3, 0.4) is 0 Å². The van der Waals surface area contributed by atoms with Gasteiger partial charge in [-0.2, -0.15) is 0 Å². The minimum atomic E-state index is 1.11. The van der Waals surface area contributed by atoms with E-state index in [9.17, 15) is 0 Å². The Morgan fingerprint density at radius 3 is 2.38 bits per heavy atom. The predicted octanol–water partition coefficient (Wildman–Crippen LogP) is 6.53. The van der Waals surface area contributed by atoms with Crippen molar-refractivity contribution in [2.24, 2.45) is 0 Å². The first-order valence-corrected chi connectivity index (χ1v) is 8.27. The van der Waals surface area contributed by atoms with Gasteiger partial charge in [-0.25, -0.2) is 0 Å². The van der Waals surface area contributed by atoms with Crippen LogP contribution in [0.15, 0.2) is 59.1 Å². The van der Waals surface area contributed by atoms with Gasteiger partial charge in [0.1, 0.15) is 0 Å². The SMILES string of the molecule is CCCc1c(Br)cc(-c2ccccc2)c2ccc(C)cc12. The second-order valence-corrected chi connectivity index (χ2v) is 6.40. The van der Waals surface area contributed by atoms with E-state index in [1.54, 1.807) is 0 Å². The van der Waals surface area contributed by atoms with Crippen LogP contribution in [-0.4, -0.2) is 0 Å². The molecule has 0 aliphatic heterocycles. The summed E-state index contributed by atoms with van der Waals surface area (Å²) in [6.07, 6.45) is 2.27. The Hall–Kier alpha value is -1.60. The zero-order chi connectivity index (χ0) is 14.8. The van der Waals surface area contributed by atoms with E-state index >= 15 is 0 Å². The van der Waals surface area contributed by atoms with Crippen molar-refractivity contribution in [1.29, 1.82) is 0 Å². The Kier molecular flexibility index (Phi) is 4.12. The van der Waals surface area contributed by atoms with Crippen LogP contribution >= 0.6 is 15.9 Å². The maximum atomic E-state index is 3.79. The fourth-order valence-electron chi connectivity index (χ4n) is 2.92. The van der Waals surface area contributed by atoms with Crippen molar-refractivity contribution in [2.75, 3.05) is 0 Å². The molecular formula is C20H19Br. The van der Waals surface area contributed by atoms with Crippen molar-refractivity contribution in [3.8, 4) is 11.1 Å². The van der Waals surface area contributed by atoms with Crippen molar-refractivity contribution in [2.45, 2.75) is 26.7 Å². The first-order chi connectivity index (χ1) is 10.2. The molecule has 0 saturated carbocycles. The van der Waals surface area contributed by atoms with Crippen LogP contribution in [0, 0.1) is 6.92 Å². The highest BCUT2D eigenvalue weighted by atomic mass is 79.9. The maximum Gasteiger partial charge on any atom is 0.0219 e. The molecule has 0 unspecified atom stereocenters. The van der Waals surface area contributed by atoms with E-state index in [0.29, 0.717) is 0 Å². The number of benzene rings is 3. The van der Waals surface area contributed by atoms with Crippen LogP contribution < -0.4 is 0 Å². The quantitative estimate of drug-likeness (QED) is 0.509. The van der Waals surface area contributed by atoms with E-state index in [4.69, 9.17) is 0 Å². The fourth-order valence-corrected chi connectivity index (χ4v) is 3.56. The van der Waals surface area contributed by atoms with E-state index in [-0.39, 0.29) is 0 Å². The van der Waals surface area contributed by atoms with E-state index in [2.05, 4.69) is 84.4 Å². The highest BCUT2D eigenvalue weighted by Crippen LogP contribution is 2.36. The topological polar surface area (TPSA) is 0 Å². The molecule has 0 N–H and O–H groups in total. The Balaban J connectivity index is 2.35. The molecule has 21 heavy (non-hydrogen) atoms. The average molecular weight is 339 g/mol. The van der Waals surface area contributed by atoms with Gasteiger partial charge in [0.15, 0.2) is 0 Å². The standard InChI is InChI=1S/C20H19Br/c1-3-7-17-19-12-14(2)10-11-16(19)18(13-20(17)21)15-8-5-4-6-9-15/h4-6,8-13H,3,7H2,1-2H3. The molecule has 0 spiro atoms. The first-order valence-electron chi connectivity index (χ1n) is 7.48. The molecule has 3 aromatic carbocycles. The second-order valence-electron chi connectivity index (χ2n) is 5.55. The third kappa shape index (κ3) is 2.75. The van der Waals surface area contributed by atoms with Gasteiger partial charge in [-0.15, -0.1) is 0 Å². The molecule has 0 aliphatic carbocycles. The number of fused-ring (bicyclic) bond motifs is 1. The number of aryl methyl sites for hydroxylation is 2. The smallest absolute Gasteiger partial charge is 0.0219 e. The maximum absolute atomic E-state index is 3.79. The third-order valence-electron chi connectivity index (χ3n) is 3.93. The fraction of sp³-hybridized carbons (Fsp3) is 0.200. The molecule has 0 heterocycles. The molecule has 0 bridgehead atoms. The first kappa shape index (κ1) is 14.3. The zero-order valence-electron chi connectivity index (χ0n) is 12.5. The van der Waals surface area contributed by atoms with Crippen molar-refractivity contribution in [3.05, 3.63) is 70.2 Å². The molecule has 0 aliphatic rings. The predicted molar refractivity (Wildman–Crippen MR) is 95.8 cm³/mol. The zero-order valence-corrected chi connectivity index (χ0v) is 14.1. The summed E-state index contributed by atoms with van der Waals surface area (Å²) in [6.45, 7) is 4.40. The summed E-state index contributed by atoms with van der Waals surface area (Å²) in [6, 6.07) is 19.7. The lowest BCUT2D eigenvalue weighted by molar-refractivity contribution is 0.925. The van der Waals surface area contributed by atoms with Gasteiger partial charge in [0.2, 0.25) is 0 Å². The van der Waals surface area contributed by atoms with Crippen LogP contribution in [0.4, 0.5) is 0 Å². The number of hydrogen-bond acceptors (Lipinski definition) is 0. The number of rotatable bonds is 3. The molecule has 0 radical (unpaired) electrons. The molecular weight excluding hydrogens is 320 g/mol. The summed E-state index contributed by atoms with van der Waals surface area (Å²) in [5.74, 6) is 0. The van der Waals surface area contributed by atoms with Crippen molar-refractivity contribution >= 4 is 26.7 Å². The van der Waals surface area contributed by atoms with E-state index in [1.165, 1.54) is 37.5 Å². The van der Waals surface area contributed by atoms with Gasteiger partial charge in [-0.05, 0) is 46.9 Å². The molecule has 0 atom stereocenters. The molecule has 0 saturated heterocycles. The van der Waals surface area contributed by atoms with Crippen LogP contribution in [0.2, 0.25) is 0 Å². The highest BCUT2D eigenvalue weighted by molar-refractivity contribution is 9.10. The molecule has 0 fully saturated rings. The minimum absolute atomic E-state index is 1.11. The molecule has 3 rings (SSSR count). The normalized spacial score (nSPS) is 11.0. The number of hydrogen-bond donors (Lipinski definition) is 0. The Morgan fingerprint density at radius 2 is 1.67 bits per heavy atom. The molecule has 1 heteroatoms. The summed E-state index contributed by atoms with van der Waals surface area (Å²) in [5, 5.41) is 2.73. The van der Waals surface area contributed by atoms with Crippen LogP contribution in [-0.2, 0) is 6.42 Å². The summed E-state index contributed by atoms with van der Waals surface area (Å²) in [5.41, 5.74) is 5.32. The van der Waals surface area contributed by atoms with Gasteiger partial charge >= 0.3 is 0 Å². The summed E-state index contributed by atoms with van der Waals surface area (Å²) >= 11 is 3.79. The van der Waals surface area contributed by atoms with Crippen molar-refractivity contribution < 1.29 is 0 Å². The van der Waals surface area contributed by atoms with Gasteiger partial charge in [0, 0.05) is 4.47 Å². The van der Waals surface area contributed by atoms with E-state index in [0.717, 1.165) is 12.8 Å². The Bertz CT molecular complexity index is 773. The lowest BCUT2D eigenvalue weighted by Gasteiger charge is -2.14. The van der Waals surface area contributed by atoms with Crippen molar-refractivity contribution in [1.82, 2.24) is 0 Å². The van der Waals surface area contributed by atoms with Crippen LogP contribution in [0.25, 0.3) is 21.9 Å². The van der Waals surface area contributed by atoms with Gasteiger partial charge in [-0.3, -0.25) is 0 Å². The lowest BCUT2D eigenvalue weighted by atomic mass is 9.92. The van der Waals surface area contributed by atoms with Crippen LogP contribution in [0.5, 0.6) is 0 Å². The lowest BCUT2D eigenvalue weighted by Crippen LogP contribution is -1.92. The van der Waals surface area contributed by atoms with Gasteiger partial charge in [0.05, 0.1) is 0 Å². The van der Waals surface area contributed by atoms with E-state index < -0.39 is 0 Å². The summed E-state index contributed by atoms with van der Waals surface area (Å²) in [4.78, 5) is 0. The molecule has 0 amide bonds. The average Bonchev–Trinajstić information content (AvgIpc) is 2.50. The van der Waals surface area contributed by atoms with Crippen LogP contribution in [0.1, 0.15) is 24.5 Å². The highest BCUT2D eigenvalue weighted by Gasteiger charge is 2.11.